The summed E-state index contributed by atoms with van der Waals surface area (Å²) in [5, 5.41) is 0. The predicted octanol–water partition coefficient (Wildman–Crippen LogP) is 1.35. The number of hydrogen-bond donors (Lipinski definition) is 2. The molecule has 0 bridgehead atoms. The molecular weight excluding hydrogens is 223 g/mol. The van der Waals surface area contributed by atoms with E-state index in [4.69, 9.17) is 16.2 Å². The summed E-state index contributed by atoms with van der Waals surface area (Å²) in [5.41, 5.74) is 11.5. The van der Waals surface area contributed by atoms with Gasteiger partial charge in [-0.15, -0.1) is 0 Å². The summed E-state index contributed by atoms with van der Waals surface area (Å²) >= 11 is 0. The molecule has 4 nitrogen and oxygen atoms in total. The van der Waals surface area contributed by atoms with E-state index in [0.717, 1.165) is 0 Å². The van der Waals surface area contributed by atoms with Crippen molar-refractivity contribution >= 4 is 5.91 Å². The van der Waals surface area contributed by atoms with Crippen LogP contribution in [0.2, 0.25) is 0 Å². The maximum absolute atomic E-state index is 13.1. The van der Waals surface area contributed by atoms with E-state index in [1.807, 2.05) is 0 Å². The first-order valence-corrected chi connectivity index (χ1v) is 5.39. The zero-order valence-corrected chi connectivity index (χ0v) is 9.94. The van der Waals surface area contributed by atoms with Crippen LogP contribution in [-0.2, 0) is 4.79 Å². The first-order valence-electron chi connectivity index (χ1n) is 5.39. The molecule has 0 saturated carbocycles. The van der Waals surface area contributed by atoms with E-state index in [-0.39, 0.29) is 12.6 Å². The van der Waals surface area contributed by atoms with Crippen LogP contribution in [0.15, 0.2) is 18.2 Å². The molecule has 1 unspecified atom stereocenters. The summed E-state index contributed by atoms with van der Waals surface area (Å²) < 4.78 is 18.5. The van der Waals surface area contributed by atoms with Crippen LogP contribution in [0, 0.1) is 11.7 Å². The lowest BCUT2D eigenvalue weighted by atomic mass is 10.1. The number of nitrogens with two attached hydrogens (primary N) is 2. The van der Waals surface area contributed by atoms with Crippen LogP contribution in [0.4, 0.5) is 4.39 Å². The molecular formula is C12H17FN2O2. The lowest BCUT2D eigenvalue weighted by Crippen LogP contribution is -2.26. The lowest BCUT2D eigenvalue weighted by molar-refractivity contribution is -0.122. The molecule has 0 aliphatic rings. The molecule has 94 valence electrons. The van der Waals surface area contributed by atoms with E-state index in [0.29, 0.717) is 11.3 Å². The third kappa shape index (κ3) is 3.71. The maximum Gasteiger partial charge on any atom is 0.223 e. The predicted molar refractivity (Wildman–Crippen MR) is 62.9 cm³/mol. The summed E-state index contributed by atoms with van der Waals surface area (Å²) in [7, 11) is 0. The number of rotatable bonds is 5. The summed E-state index contributed by atoms with van der Waals surface area (Å²) in [6, 6.07) is 3.88. The fourth-order valence-electron chi connectivity index (χ4n) is 1.31. The van der Waals surface area contributed by atoms with Gasteiger partial charge in [0.2, 0.25) is 5.91 Å². The van der Waals surface area contributed by atoms with Crippen LogP contribution < -0.4 is 16.2 Å². The van der Waals surface area contributed by atoms with E-state index < -0.39 is 17.6 Å². The van der Waals surface area contributed by atoms with Gasteiger partial charge in [-0.25, -0.2) is 4.39 Å². The molecule has 0 heterocycles. The Labute approximate surface area is 99.7 Å². The SMILES string of the molecule is CC(COc1cc(F)ccc1[C@@H](C)N)C(N)=O. The van der Waals surface area contributed by atoms with Gasteiger partial charge in [-0.2, -0.15) is 0 Å². The molecule has 0 radical (unpaired) electrons. The van der Waals surface area contributed by atoms with Gasteiger partial charge in [0.1, 0.15) is 11.6 Å². The van der Waals surface area contributed by atoms with Gasteiger partial charge < -0.3 is 16.2 Å². The zero-order chi connectivity index (χ0) is 13.0. The third-order valence-electron chi connectivity index (χ3n) is 2.44. The maximum atomic E-state index is 13.1. The minimum absolute atomic E-state index is 0.110. The fourth-order valence-corrected chi connectivity index (χ4v) is 1.31. The Kier molecular flexibility index (Phi) is 4.45. The smallest absolute Gasteiger partial charge is 0.223 e. The Balaban J connectivity index is 2.82. The van der Waals surface area contributed by atoms with E-state index in [2.05, 4.69) is 0 Å². The molecule has 5 heteroatoms. The molecule has 0 aliphatic heterocycles. The second kappa shape index (κ2) is 5.63. The Morgan fingerprint density at radius 3 is 2.65 bits per heavy atom. The minimum Gasteiger partial charge on any atom is -0.492 e. The van der Waals surface area contributed by atoms with Crippen LogP contribution in [0.5, 0.6) is 5.75 Å². The number of carbonyl (C=O) groups excluding carboxylic acids is 1. The Morgan fingerprint density at radius 2 is 2.12 bits per heavy atom. The number of ether oxygens (including phenoxy) is 1. The van der Waals surface area contributed by atoms with Gasteiger partial charge in [0.05, 0.1) is 12.5 Å². The second-order valence-corrected chi connectivity index (χ2v) is 4.09. The molecule has 0 aromatic heterocycles. The van der Waals surface area contributed by atoms with Crippen LogP contribution >= 0.6 is 0 Å². The molecule has 4 N–H and O–H groups in total. The molecule has 1 aromatic carbocycles. The van der Waals surface area contributed by atoms with Gasteiger partial charge in [-0.3, -0.25) is 4.79 Å². The van der Waals surface area contributed by atoms with Crippen LogP contribution in [0.3, 0.4) is 0 Å². The zero-order valence-electron chi connectivity index (χ0n) is 9.94. The van der Waals surface area contributed by atoms with Crippen molar-refractivity contribution in [3.8, 4) is 5.75 Å². The monoisotopic (exact) mass is 240 g/mol. The van der Waals surface area contributed by atoms with E-state index >= 15 is 0 Å². The number of amides is 1. The average molecular weight is 240 g/mol. The molecule has 17 heavy (non-hydrogen) atoms. The molecule has 0 saturated heterocycles. The van der Waals surface area contributed by atoms with Crippen molar-refractivity contribution in [3.63, 3.8) is 0 Å². The first kappa shape index (κ1) is 13.4. The molecule has 0 spiro atoms. The number of hydrogen-bond acceptors (Lipinski definition) is 3. The van der Waals surface area contributed by atoms with Gasteiger partial charge in [-0.05, 0) is 13.0 Å². The lowest BCUT2D eigenvalue weighted by Gasteiger charge is -2.15. The van der Waals surface area contributed by atoms with Crippen molar-refractivity contribution in [1.29, 1.82) is 0 Å². The highest BCUT2D eigenvalue weighted by Crippen LogP contribution is 2.25. The number of primary amides is 1. The molecule has 1 rings (SSSR count). The summed E-state index contributed by atoms with van der Waals surface area (Å²) in [6.07, 6.45) is 0. The summed E-state index contributed by atoms with van der Waals surface area (Å²) in [4.78, 5) is 10.8. The van der Waals surface area contributed by atoms with Crippen LogP contribution in [0.25, 0.3) is 0 Å². The largest absolute Gasteiger partial charge is 0.492 e. The first-order chi connectivity index (χ1) is 7.91. The quantitative estimate of drug-likeness (QED) is 0.815. The number of halogens is 1. The van der Waals surface area contributed by atoms with Crippen molar-refractivity contribution < 1.29 is 13.9 Å². The van der Waals surface area contributed by atoms with E-state index in [9.17, 15) is 9.18 Å². The molecule has 0 fully saturated rings. The highest BCUT2D eigenvalue weighted by atomic mass is 19.1. The number of carbonyl (C=O) groups is 1. The van der Waals surface area contributed by atoms with Crippen LogP contribution in [-0.4, -0.2) is 12.5 Å². The topological polar surface area (TPSA) is 78.3 Å². The van der Waals surface area contributed by atoms with Crippen LogP contribution in [0.1, 0.15) is 25.5 Å². The third-order valence-corrected chi connectivity index (χ3v) is 2.44. The van der Waals surface area contributed by atoms with Gasteiger partial charge >= 0.3 is 0 Å². The normalized spacial score (nSPS) is 14.1. The average Bonchev–Trinajstić information content (AvgIpc) is 2.25. The summed E-state index contributed by atoms with van der Waals surface area (Å²) in [5.74, 6) is -0.938. The van der Waals surface area contributed by atoms with Crippen molar-refractivity contribution in [3.05, 3.63) is 29.6 Å². The standard InChI is InChI=1S/C12H17FN2O2/c1-7(12(15)16)6-17-11-5-9(13)3-4-10(11)8(2)14/h3-5,7-8H,6,14H2,1-2H3,(H2,15,16)/t7?,8-/m1/s1. The second-order valence-electron chi connectivity index (χ2n) is 4.09. The van der Waals surface area contributed by atoms with E-state index in [1.165, 1.54) is 12.1 Å². The summed E-state index contributed by atoms with van der Waals surface area (Å²) in [6.45, 7) is 3.53. The van der Waals surface area contributed by atoms with Crippen molar-refractivity contribution in [2.24, 2.45) is 17.4 Å². The number of benzene rings is 1. The fraction of sp³-hybridized carbons (Fsp3) is 0.417. The molecule has 1 aromatic rings. The van der Waals surface area contributed by atoms with Crippen molar-refractivity contribution in [2.75, 3.05) is 6.61 Å². The molecule has 2 atom stereocenters. The van der Waals surface area contributed by atoms with Gasteiger partial charge in [0.25, 0.3) is 0 Å². The van der Waals surface area contributed by atoms with Crippen molar-refractivity contribution in [1.82, 2.24) is 0 Å². The Hall–Kier alpha value is -1.62. The van der Waals surface area contributed by atoms with E-state index in [1.54, 1.807) is 19.9 Å². The van der Waals surface area contributed by atoms with Crippen molar-refractivity contribution in [2.45, 2.75) is 19.9 Å². The highest BCUT2D eigenvalue weighted by Gasteiger charge is 2.13. The van der Waals surface area contributed by atoms with Gasteiger partial charge in [0, 0.05) is 17.7 Å². The Bertz CT molecular complexity index is 407. The van der Waals surface area contributed by atoms with Gasteiger partial charge in [-0.1, -0.05) is 13.0 Å². The molecule has 1 amide bonds. The minimum atomic E-state index is -0.455. The Morgan fingerprint density at radius 1 is 1.47 bits per heavy atom. The molecule has 0 aliphatic carbocycles. The highest BCUT2D eigenvalue weighted by molar-refractivity contribution is 5.76. The van der Waals surface area contributed by atoms with Gasteiger partial charge in [0.15, 0.2) is 0 Å².